The molecule has 1 heterocycles. The van der Waals surface area contributed by atoms with Crippen LogP contribution in [-0.2, 0) is 0 Å². The van der Waals surface area contributed by atoms with Gasteiger partial charge in [0.05, 0.1) is 16.9 Å². The molecule has 72 valence electrons. The maximum atomic E-state index is 4.50. The molecule has 0 amide bonds. The number of rotatable bonds is 0. The van der Waals surface area contributed by atoms with Gasteiger partial charge in [0.15, 0.2) is 0 Å². The van der Waals surface area contributed by atoms with E-state index in [1.54, 1.807) is 0 Å². The fourth-order valence-electron chi connectivity index (χ4n) is 1.26. The van der Waals surface area contributed by atoms with E-state index >= 15 is 0 Å². The van der Waals surface area contributed by atoms with E-state index in [0.717, 1.165) is 26.9 Å². The summed E-state index contributed by atoms with van der Waals surface area (Å²) >= 11 is 5.78. The second-order valence-corrected chi connectivity index (χ2v) is 5.25. The van der Waals surface area contributed by atoms with Crippen LogP contribution in [0.2, 0.25) is 0 Å². The van der Waals surface area contributed by atoms with Gasteiger partial charge in [0.1, 0.15) is 5.52 Å². The fraction of sp³-hybridized carbons (Fsp3) is 0.200. The standard InChI is InChI=1S/C10H8BrIN2/c1-5-6(2)14-10-8(11)3-7(12)4-9(10)13-5/h3-4H,1-2H3. The Bertz CT molecular complexity index is 511. The molecule has 14 heavy (non-hydrogen) atoms. The SMILES string of the molecule is Cc1nc2cc(I)cc(Br)c2nc1C. The lowest BCUT2D eigenvalue weighted by Gasteiger charge is -2.04. The number of nitrogens with zero attached hydrogens (tertiary/aromatic N) is 2. The van der Waals surface area contributed by atoms with Crippen LogP contribution >= 0.6 is 38.5 Å². The lowest BCUT2D eigenvalue weighted by molar-refractivity contribution is 1.10. The number of benzene rings is 1. The van der Waals surface area contributed by atoms with Crippen LogP contribution in [0.25, 0.3) is 11.0 Å². The maximum absolute atomic E-state index is 4.50. The number of fused-ring (bicyclic) bond motifs is 1. The van der Waals surface area contributed by atoms with Crippen molar-refractivity contribution in [3.05, 3.63) is 31.6 Å². The van der Waals surface area contributed by atoms with E-state index in [9.17, 15) is 0 Å². The predicted octanol–water partition coefficient (Wildman–Crippen LogP) is 3.61. The van der Waals surface area contributed by atoms with Crippen molar-refractivity contribution < 1.29 is 0 Å². The fourth-order valence-corrected chi connectivity index (χ4v) is 2.83. The topological polar surface area (TPSA) is 25.8 Å². The molecule has 0 N–H and O–H groups in total. The molecule has 0 spiro atoms. The van der Waals surface area contributed by atoms with Crippen molar-refractivity contribution in [3.63, 3.8) is 0 Å². The highest BCUT2D eigenvalue weighted by atomic mass is 127. The lowest BCUT2D eigenvalue weighted by atomic mass is 10.2. The molecule has 2 nitrogen and oxygen atoms in total. The van der Waals surface area contributed by atoms with Crippen molar-refractivity contribution in [3.8, 4) is 0 Å². The van der Waals surface area contributed by atoms with E-state index < -0.39 is 0 Å². The highest BCUT2D eigenvalue weighted by molar-refractivity contribution is 14.1. The van der Waals surface area contributed by atoms with Crippen LogP contribution in [0.5, 0.6) is 0 Å². The van der Waals surface area contributed by atoms with E-state index in [-0.39, 0.29) is 0 Å². The summed E-state index contributed by atoms with van der Waals surface area (Å²) in [5.74, 6) is 0. The summed E-state index contributed by atoms with van der Waals surface area (Å²) in [4.78, 5) is 9.00. The van der Waals surface area contributed by atoms with Crippen molar-refractivity contribution >= 4 is 49.6 Å². The van der Waals surface area contributed by atoms with Gasteiger partial charge in [0.25, 0.3) is 0 Å². The van der Waals surface area contributed by atoms with E-state index in [4.69, 9.17) is 0 Å². The predicted molar refractivity (Wildman–Crippen MR) is 69.4 cm³/mol. The van der Waals surface area contributed by atoms with Gasteiger partial charge in [-0.2, -0.15) is 0 Å². The van der Waals surface area contributed by atoms with Gasteiger partial charge < -0.3 is 0 Å². The van der Waals surface area contributed by atoms with Crippen molar-refractivity contribution in [1.82, 2.24) is 9.97 Å². The van der Waals surface area contributed by atoms with Crippen LogP contribution in [0.1, 0.15) is 11.4 Å². The van der Waals surface area contributed by atoms with Gasteiger partial charge in [-0.15, -0.1) is 0 Å². The Kier molecular flexibility index (Phi) is 2.74. The minimum absolute atomic E-state index is 0.938. The number of aryl methyl sites for hydroxylation is 2. The first kappa shape index (κ1) is 10.3. The lowest BCUT2D eigenvalue weighted by Crippen LogP contribution is -1.94. The smallest absolute Gasteiger partial charge is 0.103 e. The summed E-state index contributed by atoms with van der Waals surface area (Å²) in [5, 5.41) is 0. The van der Waals surface area contributed by atoms with Crippen LogP contribution < -0.4 is 0 Å². The van der Waals surface area contributed by atoms with Crippen LogP contribution in [0.3, 0.4) is 0 Å². The number of halogens is 2. The van der Waals surface area contributed by atoms with Gasteiger partial charge in [-0.1, -0.05) is 0 Å². The molecule has 0 saturated heterocycles. The van der Waals surface area contributed by atoms with Crippen molar-refractivity contribution in [1.29, 1.82) is 0 Å². The molecular formula is C10H8BrIN2. The number of hydrogen-bond acceptors (Lipinski definition) is 2. The summed E-state index contributed by atoms with van der Waals surface area (Å²) in [6.07, 6.45) is 0. The molecule has 1 aromatic carbocycles. The van der Waals surface area contributed by atoms with Gasteiger partial charge in [0, 0.05) is 8.04 Å². The highest BCUT2D eigenvalue weighted by Crippen LogP contribution is 2.24. The maximum Gasteiger partial charge on any atom is 0.103 e. The van der Waals surface area contributed by atoms with E-state index in [2.05, 4.69) is 48.5 Å². The second kappa shape index (κ2) is 3.73. The zero-order valence-corrected chi connectivity index (χ0v) is 11.5. The molecule has 2 rings (SSSR count). The highest BCUT2D eigenvalue weighted by Gasteiger charge is 2.05. The van der Waals surface area contributed by atoms with Gasteiger partial charge in [-0.25, -0.2) is 9.97 Å². The number of hydrogen-bond donors (Lipinski definition) is 0. The average Bonchev–Trinajstić information content (AvgIpc) is 2.08. The Balaban J connectivity index is 2.89. The molecule has 1 aromatic heterocycles. The van der Waals surface area contributed by atoms with Gasteiger partial charge in [0.2, 0.25) is 0 Å². The van der Waals surface area contributed by atoms with Crippen LogP contribution in [0.15, 0.2) is 16.6 Å². The third kappa shape index (κ3) is 1.77. The average molecular weight is 363 g/mol. The largest absolute Gasteiger partial charge is 0.250 e. The van der Waals surface area contributed by atoms with E-state index in [1.807, 2.05) is 26.0 Å². The second-order valence-electron chi connectivity index (χ2n) is 3.15. The quantitative estimate of drug-likeness (QED) is 0.669. The molecular weight excluding hydrogens is 355 g/mol. The summed E-state index contributed by atoms with van der Waals surface area (Å²) in [6, 6.07) is 4.09. The van der Waals surface area contributed by atoms with Crippen LogP contribution in [-0.4, -0.2) is 9.97 Å². The Morgan fingerprint density at radius 2 is 1.79 bits per heavy atom. The monoisotopic (exact) mass is 362 g/mol. The summed E-state index contributed by atoms with van der Waals surface area (Å²) < 4.78 is 2.18. The third-order valence-electron chi connectivity index (χ3n) is 2.10. The van der Waals surface area contributed by atoms with Gasteiger partial charge in [-0.05, 0) is 64.5 Å². The molecule has 2 aromatic rings. The molecule has 0 aliphatic heterocycles. The van der Waals surface area contributed by atoms with Crippen molar-refractivity contribution in [2.24, 2.45) is 0 Å². The zero-order valence-electron chi connectivity index (χ0n) is 7.81. The van der Waals surface area contributed by atoms with Crippen LogP contribution in [0, 0.1) is 17.4 Å². The summed E-state index contributed by atoms with van der Waals surface area (Å²) in [6.45, 7) is 3.96. The minimum atomic E-state index is 0.938. The zero-order chi connectivity index (χ0) is 10.3. The first-order valence-electron chi connectivity index (χ1n) is 4.18. The minimum Gasteiger partial charge on any atom is -0.250 e. The third-order valence-corrected chi connectivity index (χ3v) is 3.33. The molecule has 0 unspecified atom stereocenters. The Labute approximate surface area is 104 Å². The van der Waals surface area contributed by atoms with Crippen molar-refractivity contribution in [2.75, 3.05) is 0 Å². The molecule has 0 radical (unpaired) electrons. The molecule has 0 atom stereocenters. The van der Waals surface area contributed by atoms with Gasteiger partial charge in [-0.3, -0.25) is 0 Å². The first-order valence-corrected chi connectivity index (χ1v) is 6.05. The molecule has 0 aliphatic rings. The molecule has 0 saturated carbocycles. The Morgan fingerprint density at radius 1 is 1.14 bits per heavy atom. The Morgan fingerprint density at radius 3 is 2.50 bits per heavy atom. The molecule has 0 aliphatic carbocycles. The first-order chi connectivity index (χ1) is 6.58. The van der Waals surface area contributed by atoms with Crippen LogP contribution in [0.4, 0.5) is 0 Å². The van der Waals surface area contributed by atoms with Gasteiger partial charge >= 0.3 is 0 Å². The molecule has 0 bridgehead atoms. The van der Waals surface area contributed by atoms with Crippen molar-refractivity contribution in [2.45, 2.75) is 13.8 Å². The number of aromatic nitrogens is 2. The normalized spacial score (nSPS) is 10.9. The Hall–Kier alpha value is -0.230. The molecule has 4 heteroatoms. The van der Waals surface area contributed by atoms with E-state index in [1.165, 1.54) is 3.57 Å². The summed E-state index contributed by atoms with van der Waals surface area (Å²) in [7, 11) is 0. The summed E-state index contributed by atoms with van der Waals surface area (Å²) in [5.41, 5.74) is 3.87. The van der Waals surface area contributed by atoms with E-state index in [0.29, 0.717) is 0 Å². The molecule has 0 fully saturated rings.